The van der Waals surface area contributed by atoms with Crippen LogP contribution >= 0.6 is 0 Å². The van der Waals surface area contributed by atoms with Gasteiger partial charge in [-0.15, -0.1) is 0 Å². The largest absolute Gasteiger partial charge is 0.366 e. The van der Waals surface area contributed by atoms with E-state index in [-0.39, 0.29) is 23.1 Å². The lowest BCUT2D eigenvalue weighted by Crippen LogP contribution is -2.49. The van der Waals surface area contributed by atoms with Crippen molar-refractivity contribution in [2.75, 3.05) is 36.4 Å². The van der Waals surface area contributed by atoms with Gasteiger partial charge in [-0.3, -0.25) is 4.79 Å². The highest BCUT2D eigenvalue weighted by molar-refractivity contribution is 5.93. The number of amides is 1. The molecule has 3 aromatic rings. The van der Waals surface area contributed by atoms with E-state index in [0.717, 1.165) is 0 Å². The van der Waals surface area contributed by atoms with Crippen LogP contribution in [-0.2, 0) is 0 Å². The number of hydrogen-bond donors (Lipinski definition) is 1. The number of nitrogens with one attached hydrogen (secondary N) is 1. The van der Waals surface area contributed by atoms with Crippen molar-refractivity contribution in [2.24, 2.45) is 0 Å². The number of benzene rings is 2. The molecule has 148 valence electrons. The van der Waals surface area contributed by atoms with Crippen LogP contribution in [0.5, 0.6) is 0 Å². The van der Waals surface area contributed by atoms with Gasteiger partial charge in [-0.05, 0) is 24.3 Å². The minimum absolute atomic E-state index is 0.221. The topological polar surface area (TPSA) is 61.4 Å². The Balaban J connectivity index is 1.43. The fourth-order valence-corrected chi connectivity index (χ4v) is 3.26. The first-order chi connectivity index (χ1) is 14.1. The molecule has 2 heterocycles. The molecule has 4 rings (SSSR count). The van der Waals surface area contributed by atoms with Crippen molar-refractivity contribution in [3.63, 3.8) is 0 Å². The summed E-state index contributed by atoms with van der Waals surface area (Å²) in [7, 11) is 0. The van der Waals surface area contributed by atoms with Gasteiger partial charge in [0.25, 0.3) is 5.91 Å². The van der Waals surface area contributed by atoms with Crippen molar-refractivity contribution in [1.29, 1.82) is 0 Å². The van der Waals surface area contributed by atoms with Crippen LogP contribution in [0.3, 0.4) is 0 Å². The lowest BCUT2D eigenvalue weighted by molar-refractivity contribution is 0.0740. The van der Waals surface area contributed by atoms with Crippen LogP contribution < -0.4 is 10.2 Å². The lowest BCUT2D eigenvalue weighted by Gasteiger charge is -2.36. The zero-order valence-corrected chi connectivity index (χ0v) is 15.6. The molecule has 29 heavy (non-hydrogen) atoms. The van der Waals surface area contributed by atoms with Gasteiger partial charge in [0.1, 0.15) is 29.5 Å². The Morgan fingerprint density at radius 1 is 0.897 bits per heavy atom. The van der Waals surface area contributed by atoms with E-state index in [9.17, 15) is 13.6 Å². The Labute approximate surface area is 166 Å². The third kappa shape index (κ3) is 4.16. The first kappa shape index (κ1) is 18.8. The molecule has 2 aromatic carbocycles. The Bertz CT molecular complexity index is 1020. The van der Waals surface area contributed by atoms with Crippen molar-refractivity contribution >= 4 is 23.1 Å². The third-order valence-electron chi connectivity index (χ3n) is 4.78. The number of carbonyl (C=O) groups excluding carboxylic acids is 1. The number of anilines is 3. The third-order valence-corrected chi connectivity index (χ3v) is 4.78. The number of piperazine rings is 1. The van der Waals surface area contributed by atoms with Crippen molar-refractivity contribution in [3.05, 3.63) is 78.3 Å². The van der Waals surface area contributed by atoms with Gasteiger partial charge in [0.2, 0.25) is 0 Å². The fraction of sp³-hybridized carbons (Fsp3) is 0.190. The summed E-state index contributed by atoms with van der Waals surface area (Å²) < 4.78 is 27.8. The van der Waals surface area contributed by atoms with Crippen LogP contribution in [0.4, 0.5) is 26.0 Å². The van der Waals surface area contributed by atoms with E-state index in [1.165, 1.54) is 24.5 Å². The number of para-hydroxylation sites is 2. The van der Waals surface area contributed by atoms with Gasteiger partial charge in [-0.25, -0.2) is 18.7 Å². The Morgan fingerprint density at radius 2 is 1.59 bits per heavy atom. The highest BCUT2D eigenvalue weighted by Gasteiger charge is 2.24. The van der Waals surface area contributed by atoms with E-state index < -0.39 is 5.82 Å². The Morgan fingerprint density at radius 3 is 2.31 bits per heavy atom. The molecule has 1 N–H and O–H groups in total. The standard InChI is InChI=1S/C21H19F2N5O/c22-15-5-1-3-7-17(15)26-20-13-18(24-14-25-20)21(29)28-11-9-27(10-12-28)19-8-4-2-6-16(19)23/h1-8,13-14H,9-12H2,(H,24,25,26). The van der Waals surface area contributed by atoms with E-state index in [1.54, 1.807) is 41.3 Å². The van der Waals surface area contributed by atoms with E-state index in [4.69, 9.17) is 0 Å². The molecule has 0 aliphatic carbocycles. The normalized spacial score (nSPS) is 14.0. The second-order valence-electron chi connectivity index (χ2n) is 6.62. The van der Waals surface area contributed by atoms with Gasteiger partial charge in [0, 0.05) is 32.2 Å². The second kappa shape index (κ2) is 8.22. The van der Waals surface area contributed by atoms with Gasteiger partial charge in [-0.2, -0.15) is 0 Å². The quantitative estimate of drug-likeness (QED) is 0.733. The number of rotatable bonds is 4. The molecule has 0 atom stereocenters. The molecule has 1 aliphatic heterocycles. The zero-order valence-electron chi connectivity index (χ0n) is 15.6. The van der Waals surface area contributed by atoms with Gasteiger partial charge >= 0.3 is 0 Å². The summed E-state index contributed by atoms with van der Waals surface area (Å²) in [6, 6.07) is 14.3. The molecular formula is C21H19F2N5O. The number of hydrogen-bond acceptors (Lipinski definition) is 5. The Hall–Kier alpha value is -3.55. The molecule has 8 heteroatoms. The summed E-state index contributed by atoms with van der Waals surface area (Å²) in [6.07, 6.45) is 1.27. The van der Waals surface area contributed by atoms with Crippen LogP contribution in [0.15, 0.2) is 60.9 Å². The van der Waals surface area contributed by atoms with Gasteiger partial charge < -0.3 is 15.1 Å². The van der Waals surface area contributed by atoms with Crippen LogP contribution in [-0.4, -0.2) is 47.0 Å². The summed E-state index contributed by atoms with van der Waals surface area (Å²) >= 11 is 0. The molecule has 6 nitrogen and oxygen atoms in total. The number of carbonyl (C=O) groups is 1. The molecule has 0 unspecified atom stereocenters. The molecule has 1 saturated heterocycles. The number of aromatic nitrogens is 2. The first-order valence-electron chi connectivity index (χ1n) is 9.24. The highest BCUT2D eigenvalue weighted by atomic mass is 19.1. The van der Waals surface area contributed by atoms with Crippen molar-refractivity contribution in [2.45, 2.75) is 0 Å². The molecule has 1 aromatic heterocycles. The predicted octanol–water partition coefficient (Wildman–Crippen LogP) is 3.46. The Kier molecular flexibility index (Phi) is 5.33. The average molecular weight is 395 g/mol. The maximum absolute atomic E-state index is 14.0. The van der Waals surface area contributed by atoms with Crippen LogP contribution in [0.1, 0.15) is 10.5 Å². The predicted molar refractivity (Wildman–Crippen MR) is 106 cm³/mol. The minimum atomic E-state index is -0.414. The zero-order chi connectivity index (χ0) is 20.2. The van der Waals surface area contributed by atoms with Crippen LogP contribution in [0.2, 0.25) is 0 Å². The molecule has 0 saturated carbocycles. The van der Waals surface area contributed by atoms with Gasteiger partial charge in [0.15, 0.2) is 0 Å². The molecule has 1 fully saturated rings. The molecular weight excluding hydrogens is 376 g/mol. The molecule has 0 spiro atoms. The van der Waals surface area contributed by atoms with Crippen LogP contribution in [0, 0.1) is 11.6 Å². The summed E-state index contributed by atoms with van der Waals surface area (Å²) in [5.74, 6) is -0.592. The van der Waals surface area contributed by atoms with Crippen molar-refractivity contribution < 1.29 is 13.6 Å². The number of halogens is 2. The number of nitrogens with zero attached hydrogens (tertiary/aromatic N) is 4. The molecule has 0 radical (unpaired) electrons. The van der Waals surface area contributed by atoms with E-state index >= 15 is 0 Å². The highest BCUT2D eigenvalue weighted by Crippen LogP contribution is 2.21. The van der Waals surface area contributed by atoms with E-state index in [1.807, 2.05) is 4.90 Å². The van der Waals surface area contributed by atoms with E-state index in [0.29, 0.717) is 37.7 Å². The van der Waals surface area contributed by atoms with Gasteiger partial charge in [0.05, 0.1) is 11.4 Å². The van der Waals surface area contributed by atoms with Gasteiger partial charge in [-0.1, -0.05) is 24.3 Å². The fourth-order valence-electron chi connectivity index (χ4n) is 3.26. The maximum atomic E-state index is 14.0. The summed E-state index contributed by atoms with van der Waals surface area (Å²) in [4.78, 5) is 24.5. The van der Waals surface area contributed by atoms with Crippen molar-refractivity contribution in [3.8, 4) is 0 Å². The summed E-state index contributed by atoms with van der Waals surface area (Å²) in [5, 5.41) is 2.86. The SMILES string of the molecule is O=C(c1cc(Nc2ccccc2F)ncn1)N1CCN(c2ccccc2F)CC1. The molecule has 1 aliphatic rings. The van der Waals surface area contributed by atoms with E-state index in [2.05, 4.69) is 15.3 Å². The maximum Gasteiger partial charge on any atom is 0.272 e. The monoisotopic (exact) mass is 395 g/mol. The second-order valence-corrected chi connectivity index (χ2v) is 6.62. The van der Waals surface area contributed by atoms with Crippen LogP contribution in [0.25, 0.3) is 0 Å². The smallest absolute Gasteiger partial charge is 0.272 e. The lowest BCUT2D eigenvalue weighted by atomic mass is 10.2. The van der Waals surface area contributed by atoms with Crippen molar-refractivity contribution in [1.82, 2.24) is 14.9 Å². The first-order valence-corrected chi connectivity index (χ1v) is 9.24. The minimum Gasteiger partial charge on any atom is -0.366 e. The summed E-state index contributed by atoms with van der Waals surface area (Å²) in [5.41, 5.74) is 1.03. The average Bonchev–Trinajstić information content (AvgIpc) is 2.76. The molecule has 0 bridgehead atoms. The molecule has 1 amide bonds. The summed E-state index contributed by atoms with van der Waals surface area (Å²) in [6.45, 7) is 1.96.